The highest BCUT2D eigenvalue weighted by molar-refractivity contribution is 6.35. The third-order valence-corrected chi connectivity index (χ3v) is 2.52. The van der Waals surface area contributed by atoms with Crippen LogP contribution in [-0.2, 0) is 11.2 Å². The van der Waals surface area contributed by atoms with Crippen LogP contribution in [0.25, 0.3) is 0 Å². The lowest BCUT2D eigenvalue weighted by atomic mass is 10.0. The van der Waals surface area contributed by atoms with Gasteiger partial charge in [0.05, 0.1) is 6.42 Å². The van der Waals surface area contributed by atoms with Crippen LogP contribution in [0.5, 0.6) is 0 Å². The summed E-state index contributed by atoms with van der Waals surface area (Å²) in [5.74, 6) is -0.910. The summed E-state index contributed by atoms with van der Waals surface area (Å²) in [6.07, 6.45) is 0.362. The van der Waals surface area contributed by atoms with Crippen molar-refractivity contribution < 1.29 is 9.90 Å². The summed E-state index contributed by atoms with van der Waals surface area (Å²) in [6.45, 7) is 0. The monoisotopic (exact) mass is 283 g/mol. The topological polar surface area (TPSA) is 63.3 Å². The molecular weight excluding hydrogens is 272 g/mol. The van der Waals surface area contributed by atoms with E-state index in [0.717, 1.165) is 5.56 Å². The van der Waals surface area contributed by atoms with Gasteiger partial charge < -0.3 is 10.8 Å². The SMILES string of the molecule is Cl.N[C@H](CC(=O)O)Cc1ccc(Cl)cc1Cl. The second-order valence-electron chi connectivity index (χ2n) is 3.30. The van der Waals surface area contributed by atoms with Gasteiger partial charge in [0.15, 0.2) is 0 Å². The molecule has 0 saturated heterocycles. The number of halogens is 3. The molecule has 0 aliphatic carbocycles. The molecule has 0 aromatic heterocycles. The van der Waals surface area contributed by atoms with E-state index in [1.54, 1.807) is 18.2 Å². The minimum Gasteiger partial charge on any atom is -0.481 e. The van der Waals surface area contributed by atoms with Gasteiger partial charge in [-0.25, -0.2) is 0 Å². The highest BCUT2D eigenvalue weighted by atomic mass is 35.5. The van der Waals surface area contributed by atoms with Gasteiger partial charge in [-0.05, 0) is 24.1 Å². The molecule has 3 nitrogen and oxygen atoms in total. The molecule has 1 rings (SSSR count). The normalized spacial score (nSPS) is 11.7. The largest absolute Gasteiger partial charge is 0.481 e. The van der Waals surface area contributed by atoms with E-state index < -0.39 is 12.0 Å². The third-order valence-electron chi connectivity index (χ3n) is 1.93. The lowest BCUT2D eigenvalue weighted by molar-refractivity contribution is -0.137. The van der Waals surface area contributed by atoms with Crippen LogP contribution in [-0.4, -0.2) is 17.1 Å². The average Bonchev–Trinajstić information content (AvgIpc) is 2.08. The Morgan fingerprint density at radius 3 is 2.56 bits per heavy atom. The van der Waals surface area contributed by atoms with Crippen molar-refractivity contribution in [2.75, 3.05) is 0 Å². The van der Waals surface area contributed by atoms with Crippen molar-refractivity contribution in [3.8, 4) is 0 Å². The van der Waals surface area contributed by atoms with Crippen LogP contribution in [0.1, 0.15) is 12.0 Å². The highest BCUT2D eigenvalue weighted by Gasteiger charge is 2.11. The molecule has 1 atom stereocenters. The van der Waals surface area contributed by atoms with Crippen molar-refractivity contribution in [3.05, 3.63) is 33.8 Å². The molecule has 0 fully saturated rings. The first-order chi connectivity index (χ1) is 6.99. The molecule has 90 valence electrons. The lowest BCUT2D eigenvalue weighted by Gasteiger charge is -2.10. The summed E-state index contributed by atoms with van der Waals surface area (Å²) in [6, 6.07) is 4.65. The molecule has 0 amide bonds. The van der Waals surface area contributed by atoms with E-state index in [4.69, 9.17) is 34.0 Å². The van der Waals surface area contributed by atoms with Crippen molar-refractivity contribution in [1.82, 2.24) is 0 Å². The molecule has 0 saturated carbocycles. The molecule has 0 heterocycles. The number of benzene rings is 1. The fraction of sp³-hybridized carbons (Fsp3) is 0.300. The molecular formula is C10H12Cl3NO2. The molecule has 16 heavy (non-hydrogen) atoms. The van der Waals surface area contributed by atoms with E-state index in [-0.39, 0.29) is 18.8 Å². The van der Waals surface area contributed by atoms with Crippen molar-refractivity contribution in [2.24, 2.45) is 5.73 Å². The zero-order valence-corrected chi connectivity index (χ0v) is 10.6. The fourth-order valence-corrected chi connectivity index (χ4v) is 1.75. The Hall–Kier alpha value is -0.480. The molecule has 6 heteroatoms. The van der Waals surface area contributed by atoms with Crippen LogP contribution in [0.15, 0.2) is 18.2 Å². The Morgan fingerprint density at radius 1 is 1.44 bits per heavy atom. The van der Waals surface area contributed by atoms with Gasteiger partial charge in [0, 0.05) is 16.1 Å². The average molecular weight is 285 g/mol. The number of rotatable bonds is 4. The first-order valence-corrected chi connectivity index (χ1v) is 5.16. The minimum atomic E-state index is -0.910. The number of hydrogen-bond donors (Lipinski definition) is 2. The summed E-state index contributed by atoms with van der Waals surface area (Å²) in [7, 11) is 0. The Morgan fingerprint density at radius 2 is 2.06 bits per heavy atom. The first-order valence-electron chi connectivity index (χ1n) is 4.40. The molecule has 0 bridgehead atoms. The van der Waals surface area contributed by atoms with E-state index in [1.807, 2.05) is 0 Å². The van der Waals surface area contributed by atoms with Gasteiger partial charge in [-0.1, -0.05) is 29.3 Å². The molecule has 0 spiro atoms. The Bertz CT molecular complexity index is 371. The predicted molar refractivity (Wildman–Crippen MR) is 67.6 cm³/mol. The van der Waals surface area contributed by atoms with Crippen LogP contribution in [0, 0.1) is 0 Å². The summed E-state index contributed by atoms with van der Waals surface area (Å²) < 4.78 is 0. The summed E-state index contributed by atoms with van der Waals surface area (Å²) >= 11 is 11.7. The Balaban J connectivity index is 0.00000225. The zero-order valence-electron chi connectivity index (χ0n) is 8.32. The van der Waals surface area contributed by atoms with Gasteiger partial charge >= 0.3 is 5.97 Å². The smallest absolute Gasteiger partial charge is 0.304 e. The van der Waals surface area contributed by atoms with Crippen LogP contribution < -0.4 is 5.73 Å². The summed E-state index contributed by atoms with van der Waals surface area (Å²) in [5, 5.41) is 9.61. The maximum absolute atomic E-state index is 10.4. The Kier molecular flexibility index (Phi) is 6.76. The van der Waals surface area contributed by atoms with E-state index in [1.165, 1.54) is 0 Å². The first kappa shape index (κ1) is 15.5. The third kappa shape index (κ3) is 5.03. The lowest BCUT2D eigenvalue weighted by Crippen LogP contribution is -2.26. The minimum absolute atomic E-state index is 0. The maximum Gasteiger partial charge on any atom is 0.304 e. The van der Waals surface area contributed by atoms with E-state index in [2.05, 4.69) is 0 Å². The molecule has 1 aromatic rings. The van der Waals surface area contributed by atoms with Crippen LogP contribution in [0.4, 0.5) is 0 Å². The van der Waals surface area contributed by atoms with Gasteiger partial charge in [-0.2, -0.15) is 0 Å². The number of carboxylic acids is 1. The van der Waals surface area contributed by atoms with Crippen molar-refractivity contribution in [1.29, 1.82) is 0 Å². The van der Waals surface area contributed by atoms with Gasteiger partial charge in [0.25, 0.3) is 0 Å². The number of carbonyl (C=O) groups is 1. The molecule has 0 aliphatic heterocycles. The zero-order chi connectivity index (χ0) is 11.4. The number of nitrogens with two attached hydrogens (primary N) is 1. The highest BCUT2D eigenvalue weighted by Crippen LogP contribution is 2.22. The van der Waals surface area contributed by atoms with Crippen molar-refractivity contribution in [3.63, 3.8) is 0 Å². The molecule has 0 aliphatic rings. The summed E-state index contributed by atoms with van der Waals surface area (Å²) in [5.41, 5.74) is 6.46. The summed E-state index contributed by atoms with van der Waals surface area (Å²) in [4.78, 5) is 10.4. The van der Waals surface area contributed by atoms with E-state index in [9.17, 15) is 4.79 Å². The second kappa shape index (κ2) is 6.97. The fourth-order valence-electron chi connectivity index (χ4n) is 1.27. The molecule has 1 aromatic carbocycles. The number of aliphatic carboxylic acids is 1. The number of hydrogen-bond acceptors (Lipinski definition) is 2. The van der Waals surface area contributed by atoms with Crippen molar-refractivity contribution in [2.45, 2.75) is 18.9 Å². The second-order valence-corrected chi connectivity index (χ2v) is 4.14. The van der Waals surface area contributed by atoms with Gasteiger partial charge in [0.1, 0.15) is 0 Å². The van der Waals surface area contributed by atoms with Crippen molar-refractivity contribution >= 4 is 41.6 Å². The molecule has 3 N–H and O–H groups in total. The van der Waals surface area contributed by atoms with E-state index >= 15 is 0 Å². The number of carboxylic acid groups (broad SMARTS) is 1. The quantitative estimate of drug-likeness (QED) is 0.893. The molecule has 0 radical (unpaired) electrons. The Labute approximate surface area is 110 Å². The van der Waals surface area contributed by atoms with Gasteiger partial charge in [0.2, 0.25) is 0 Å². The van der Waals surface area contributed by atoms with Crippen LogP contribution >= 0.6 is 35.6 Å². The van der Waals surface area contributed by atoms with Crippen LogP contribution in [0.3, 0.4) is 0 Å². The maximum atomic E-state index is 10.4. The van der Waals surface area contributed by atoms with Gasteiger partial charge in [-0.15, -0.1) is 12.4 Å². The standard InChI is InChI=1S/C10H11Cl2NO2.ClH/c11-7-2-1-6(9(12)4-7)3-8(13)5-10(14)15;/h1-2,4,8H,3,5,13H2,(H,14,15);1H/t8-;/m0./s1. The van der Waals surface area contributed by atoms with Crippen LogP contribution in [0.2, 0.25) is 10.0 Å². The molecule has 0 unspecified atom stereocenters. The van der Waals surface area contributed by atoms with E-state index in [0.29, 0.717) is 16.5 Å². The predicted octanol–water partition coefficient (Wildman–Crippen LogP) is 2.76. The van der Waals surface area contributed by atoms with Gasteiger partial charge in [-0.3, -0.25) is 4.79 Å².